The molecule has 0 unspecified atom stereocenters. The maximum atomic E-state index is 13.2. The number of benzene rings is 1. The molecule has 4 heteroatoms. The summed E-state index contributed by atoms with van der Waals surface area (Å²) in [6.07, 6.45) is 0. The Bertz CT molecular complexity index is 383. The van der Waals surface area contributed by atoms with Crippen molar-refractivity contribution >= 4 is 5.91 Å². The Morgan fingerprint density at radius 2 is 1.87 bits per heavy atom. The molecule has 0 bridgehead atoms. The van der Waals surface area contributed by atoms with E-state index in [1.54, 1.807) is 20.8 Å². The van der Waals surface area contributed by atoms with E-state index < -0.39 is 23.1 Å². The minimum atomic E-state index is -0.724. The second-order valence-electron chi connectivity index (χ2n) is 4.33. The number of rotatable bonds is 1. The summed E-state index contributed by atoms with van der Waals surface area (Å²) in [4.78, 5) is 11.5. The smallest absolute Gasteiger partial charge is 0.254 e. The summed E-state index contributed by atoms with van der Waals surface area (Å²) in [5.41, 5.74) is -0.750. The summed E-state index contributed by atoms with van der Waals surface area (Å²) in [5, 5.41) is 2.56. The van der Waals surface area contributed by atoms with Gasteiger partial charge in [-0.2, -0.15) is 0 Å². The molecule has 0 aliphatic heterocycles. The zero-order chi connectivity index (χ0) is 11.6. The topological polar surface area (TPSA) is 29.1 Å². The molecule has 82 valence electrons. The van der Waals surface area contributed by atoms with Gasteiger partial charge >= 0.3 is 0 Å². The average molecular weight is 213 g/mol. The van der Waals surface area contributed by atoms with Crippen molar-refractivity contribution in [3.63, 3.8) is 0 Å². The van der Waals surface area contributed by atoms with Crippen LogP contribution in [-0.4, -0.2) is 11.4 Å². The third kappa shape index (κ3) is 3.31. The van der Waals surface area contributed by atoms with Gasteiger partial charge in [0.25, 0.3) is 5.91 Å². The number of carbonyl (C=O) groups is 1. The number of carbonyl (C=O) groups excluding carboxylic acids is 1. The Morgan fingerprint density at radius 1 is 1.27 bits per heavy atom. The Kier molecular flexibility index (Phi) is 3.07. The van der Waals surface area contributed by atoms with Crippen LogP contribution in [0.25, 0.3) is 0 Å². The molecule has 2 nitrogen and oxygen atoms in total. The fourth-order valence-electron chi connectivity index (χ4n) is 1.08. The number of hydrogen-bond acceptors (Lipinski definition) is 1. The van der Waals surface area contributed by atoms with Crippen molar-refractivity contribution in [3.8, 4) is 0 Å². The van der Waals surface area contributed by atoms with Crippen molar-refractivity contribution in [2.45, 2.75) is 26.3 Å². The van der Waals surface area contributed by atoms with Gasteiger partial charge in [0, 0.05) is 5.54 Å². The second kappa shape index (κ2) is 3.96. The molecule has 1 amide bonds. The van der Waals surface area contributed by atoms with Crippen LogP contribution in [0.4, 0.5) is 8.78 Å². The van der Waals surface area contributed by atoms with E-state index in [-0.39, 0.29) is 5.56 Å². The van der Waals surface area contributed by atoms with Crippen molar-refractivity contribution in [1.82, 2.24) is 5.32 Å². The highest BCUT2D eigenvalue weighted by Crippen LogP contribution is 2.11. The highest BCUT2D eigenvalue weighted by atomic mass is 19.1. The van der Waals surface area contributed by atoms with Gasteiger partial charge in [-0.15, -0.1) is 0 Å². The predicted molar refractivity (Wildman–Crippen MR) is 53.6 cm³/mol. The third-order valence-corrected chi connectivity index (χ3v) is 1.66. The third-order valence-electron chi connectivity index (χ3n) is 1.66. The average Bonchev–Trinajstić information content (AvgIpc) is 2.06. The van der Waals surface area contributed by atoms with Crippen LogP contribution in [0.15, 0.2) is 18.2 Å². The Hall–Kier alpha value is -1.45. The minimum absolute atomic E-state index is 0.273. The first-order chi connectivity index (χ1) is 6.79. The molecule has 0 heterocycles. The van der Waals surface area contributed by atoms with Gasteiger partial charge in [0.15, 0.2) is 0 Å². The van der Waals surface area contributed by atoms with E-state index in [4.69, 9.17) is 0 Å². The standard InChI is InChI=1S/C11H13F2NO/c1-11(2,3)14-10(15)8-6-7(12)4-5-9(8)13/h4-6H,1-3H3,(H,14,15). The highest BCUT2D eigenvalue weighted by molar-refractivity contribution is 5.94. The minimum Gasteiger partial charge on any atom is -0.347 e. The molecule has 0 aromatic heterocycles. The summed E-state index contributed by atoms with van der Waals surface area (Å²) in [6, 6.07) is 2.80. The number of halogens is 2. The summed E-state index contributed by atoms with van der Waals surface area (Å²) in [7, 11) is 0. The molecule has 0 radical (unpaired) electrons. The van der Waals surface area contributed by atoms with Gasteiger partial charge in [0.1, 0.15) is 11.6 Å². The summed E-state index contributed by atoms with van der Waals surface area (Å²) >= 11 is 0. The quantitative estimate of drug-likeness (QED) is 0.763. The van der Waals surface area contributed by atoms with Crippen molar-refractivity contribution < 1.29 is 13.6 Å². The van der Waals surface area contributed by atoms with E-state index in [1.165, 1.54) is 0 Å². The molecule has 0 aliphatic carbocycles. The van der Waals surface area contributed by atoms with Crippen LogP contribution in [0, 0.1) is 11.6 Å². The molecular weight excluding hydrogens is 200 g/mol. The first kappa shape index (κ1) is 11.6. The molecule has 1 N–H and O–H groups in total. The number of nitrogens with one attached hydrogen (secondary N) is 1. The largest absolute Gasteiger partial charge is 0.347 e. The van der Waals surface area contributed by atoms with E-state index in [9.17, 15) is 13.6 Å². The van der Waals surface area contributed by atoms with Crippen LogP contribution in [0.2, 0.25) is 0 Å². The van der Waals surface area contributed by atoms with Crippen LogP contribution >= 0.6 is 0 Å². The van der Waals surface area contributed by atoms with Crippen molar-refractivity contribution in [3.05, 3.63) is 35.4 Å². The molecule has 0 aliphatic rings. The Balaban J connectivity index is 2.96. The molecule has 1 aromatic rings. The predicted octanol–water partition coefficient (Wildman–Crippen LogP) is 2.49. The molecular formula is C11H13F2NO. The van der Waals surface area contributed by atoms with E-state index in [0.29, 0.717) is 0 Å². The van der Waals surface area contributed by atoms with Crippen molar-refractivity contribution in [1.29, 1.82) is 0 Å². The Labute approximate surface area is 87.3 Å². The molecule has 1 aromatic carbocycles. The lowest BCUT2D eigenvalue weighted by Gasteiger charge is -2.20. The summed E-state index contributed by atoms with van der Waals surface area (Å²) in [6.45, 7) is 5.30. The van der Waals surface area contributed by atoms with Gasteiger partial charge in [-0.3, -0.25) is 4.79 Å². The summed E-state index contributed by atoms with van der Waals surface area (Å²) in [5.74, 6) is -1.96. The Morgan fingerprint density at radius 3 is 2.40 bits per heavy atom. The van der Waals surface area contributed by atoms with E-state index in [2.05, 4.69) is 5.32 Å². The first-order valence-corrected chi connectivity index (χ1v) is 4.57. The lowest BCUT2D eigenvalue weighted by atomic mass is 10.1. The lowest BCUT2D eigenvalue weighted by molar-refractivity contribution is 0.0915. The van der Waals surface area contributed by atoms with Crippen LogP contribution in [0.5, 0.6) is 0 Å². The van der Waals surface area contributed by atoms with Crippen LogP contribution in [-0.2, 0) is 0 Å². The zero-order valence-electron chi connectivity index (χ0n) is 8.90. The van der Waals surface area contributed by atoms with Gasteiger partial charge in [0.2, 0.25) is 0 Å². The van der Waals surface area contributed by atoms with Gasteiger partial charge in [-0.25, -0.2) is 8.78 Å². The van der Waals surface area contributed by atoms with Crippen molar-refractivity contribution in [2.24, 2.45) is 0 Å². The first-order valence-electron chi connectivity index (χ1n) is 4.57. The fraction of sp³-hybridized carbons (Fsp3) is 0.364. The molecule has 15 heavy (non-hydrogen) atoms. The molecule has 0 spiro atoms. The maximum Gasteiger partial charge on any atom is 0.254 e. The molecule has 0 saturated heterocycles. The van der Waals surface area contributed by atoms with Crippen LogP contribution in [0.3, 0.4) is 0 Å². The molecule has 1 rings (SSSR count). The second-order valence-corrected chi connectivity index (χ2v) is 4.33. The zero-order valence-corrected chi connectivity index (χ0v) is 8.90. The normalized spacial score (nSPS) is 11.3. The number of amides is 1. The van der Waals surface area contributed by atoms with Crippen molar-refractivity contribution in [2.75, 3.05) is 0 Å². The summed E-state index contributed by atoms with van der Waals surface area (Å²) < 4.78 is 26.0. The van der Waals surface area contributed by atoms with Crippen LogP contribution in [0.1, 0.15) is 31.1 Å². The van der Waals surface area contributed by atoms with Gasteiger partial charge in [0.05, 0.1) is 5.56 Å². The van der Waals surface area contributed by atoms with Gasteiger partial charge in [-0.05, 0) is 39.0 Å². The van der Waals surface area contributed by atoms with E-state index >= 15 is 0 Å². The fourth-order valence-corrected chi connectivity index (χ4v) is 1.08. The molecule has 0 saturated carbocycles. The van der Waals surface area contributed by atoms with E-state index in [0.717, 1.165) is 18.2 Å². The lowest BCUT2D eigenvalue weighted by Crippen LogP contribution is -2.40. The molecule has 0 fully saturated rings. The molecule has 0 atom stereocenters. The SMILES string of the molecule is CC(C)(C)NC(=O)c1cc(F)ccc1F. The van der Waals surface area contributed by atoms with Crippen LogP contribution < -0.4 is 5.32 Å². The monoisotopic (exact) mass is 213 g/mol. The highest BCUT2D eigenvalue weighted by Gasteiger charge is 2.18. The number of hydrogen-bond donors (Lipinski definition) is 1. The van der Waals surface area contributed by atoms with E-state index in [1.807, 2.05) is 0 Å². The van der Waals surface area contributed by atoms with Gasteiger partial charge < -0.3 is 5.32 Å². The van der Waals surface area contributed by atoms with Gasteiger partial charge in [-0.1, -0.05) is 0 Å². The maximum absolute atomic E-state index is 13.2.